The molecular formula is C23H22O4. The summed E-state index contributed by atoms with van der Waals surface area (Å²) in [7, 11) is 0. The fraction of sp³-hybridized carbons (Fsp3) is 0.304. The van der Waals surface area contributed by atoms with Gasteiger partial charge in [0, 0.05) is 5.92 Å². The van der Waals surface area contributed by atoms with Crippen LogP contribution >= 0.6 is 0 Å². The molecule has 4 nitrogen and oxygen atoms in total. The number of ether oxygens (including phenoxy) is 2. The third-order valence-electron chi connectivity index (χ3n) is 5.75. The zero-order valence-corrected chi connectivity index (χ0v) is 15.3. The maximum Gasteiger partial charge on any atom is 0.324 e. The van der Waals surface area contributed by atoms with Gasteiger partial charge < -0.3 is 9.47 Å². The van der Waals surface area contributed by atoms with Gasteiger partial charge in [0.2, 0.25) is 0 Å². The molecular weight excluding hydrogens is 340 g/mol. The summed E-state index contributed by atoms with van der Waals surface area (Å²) in [6.07, 6.45) is 1.12. The number of carbonyl (C=O) groups excluding carboxylic acids is 2. The summed E-state index contributed by atoms with van der Waals surface area (Å²) in [5.74, 6) is -1.15. The van der Waals surface area contributed by atoms with Crippen LogP contribution in [-0.2, 0) is 32.1 Å². The van der Waals surface area contributed by atoms with E-state index in [9.17, 15) is 9.59 Å². The van der Waals surface area contributed by atoms with E-state index >= 15 is 0 Å². The fourth-order valence-corrected chi connectivity index (χ4v) is 4.18. The summed E-state index contributed by atoms with van der Waals surface area (Å²) in [6.45, 7) is 2.43. The SMILES string of the molecule is CC1=C(Cc2ccccc2)C[C@@]2(C(=O)OCc3ccccc3)C(=O)OC[C@@H]12. The molecule has 1 saturated heterocycles. The van der Waals surface area contributed by atoms with Gasteiger partial charge in [-0.25, -0.2) is 0 Å². The fourth-order valence-electron chi connectivity index (χ4n) is 4.18. The third-order valence-corrected chi connectivity index (χ3v) is 5.75. The number of allylic oxidation sites excluding steroid dienone is 1. The second kappa shape index (κ2) is 7.03. The Balaban J connectivity index is 1.55. The van der Waals surface area contributed by atoms with Crippen LogP contribution in [0, 0.1) is 11.3 Å². The quantitative estimate of drug-likeness (QED) is 0.461. The molecule has 1 aliphatic carbocycles. The number of fused-ring (bicyclic) bond motifs is 1. The third kappa shape index (κ3) is 3.05. The van der Waals surface area contributed by atoms with E-state index < -0.39 is 17.4 Å². The molecule has 1 aliphatic heterocycles. The normalized spacial score (nSPS) is 23.9. The van der Waals surface area contributed by atoms with Gasteiger partial charge in [0.15, 0.2) is 5.41 Å². The van der Waals surface area contributed by atoms with Gasteiger partial charge in [0.05, 0.1) is 6.61 Å². The van der Waals surface area contributed by atoms with E-state index in [0.29, 0.717) is 6.42 Å². The Morgan fingerprint density at radius 3 is 2.37 bits per heavy atom. The molecule has 0 aromatic heterocycles. The summed E-state index contributed by atoms with van der Waals surface area (Å²) in [5.41, 5.74) is 3.08. The van der Waals surface area contributed by atoms with Crippen molar-refractivity contribution in [3.05, 3.63) is 82.9 Å². The van der Waals surface area contributed by atoms with Gasteiger partial charge in [-0.05, 0) is 30.9 Å². The molecule has 27 heavy (non-hydrogen) atoms. The van der Waals surface area contributed by atoms with Gasteiger partial charge in [-0.3, -0.25) is 9.59 Å². The minimum atomic E-state index is -1.22. The van der Waals surface area contributed by atoms with Crippen LogP contribution < -0.4 is 0 Å². The van der Waals surface area contributed by atoms with Crippen molar-refractivity contribution in [3.8, 4) is 0 Å². The van der Waals surface area contributed by atoms with E-state index in [2.05, 4.69) is 12.1 Å². The van der Waals surface area contributed by atoms with Crippen LogP contribution in [-0.4, -0.2) is 18.5 Å². The molecule has 0 radical (unpaired) electrons. The van der Waals surface area contributed by atoms with Crippen molar-refractivity contribution < 1.29 is 19.1 Å². The number of hydrogen-bond donors (Lipinski definition) is 0. The number of esters is 2. The number of cyclic esters (lactones) is 1. The van der Waals surface area contributed by atoms with Crippen LogP contribution in [0.3, 0.4) is 0 Å². The predicted molar refractivity (Wildman–Crippen MR) is 101 cm³/mol. The minimum Gasteiger partial charge on any atom is -0.464 e. The first kappa shape index (κ1) is 17.5. The molecule has 0 N–H and O–H groups in total. The van der Waals surface area contributed by atoms with E-state index in [4.69, 9.17) is 9.47 Å². The van der Waals surface area contributed by atoms with Crippen LogP contribution in [0.5, 0.6) is 0 Å². The van der Waals surface area contributed by atoms with Crippen molar-refractivity contribution >= 4 is 11.9 Å². The highest BCUT2D eigenvalue weighted by molar-refractivity contribution is 6.03. The topological polar surface area (TPSA) is 52.6 Å². The van der Waals surface area contributed by atoms with E-state index in [1.54, 1.807) is 0 Å². The van der Waals surface area contributed by atoms with Gasteiger partial charge in [-0.15, -0.1) is 0 Å². The lowest BCUT2D eigenvalue weighted by atomic mass is 9.77. The monoisotopic (exact) mass is 362 g/mol. The van der Waals surface area contributed by atoms with Crippen molar-refractivity contribution in [2.45, 2.75) is 26.4 Å². The molecule has 4 heteroatoms. The van der Waals surface area contributed by atoms with Crippen molar-refractivity contribution in [2.75, 3.05) is 6.61 Å². The lowest BCUT2D eigenvalue weighted by molar-refractivity contribution is -0.166. The first-order valence-corrected chi connectivity index (χ1v) is 9.22. The first-order valence-electron chi connectivity index (χ1n) is 9.22. The number of rotatable bonds is 5. The average molecular weight is 362 g/mol. The second-order valence-electron chi connectivity index (χ2n) is 7.31. The average Bonchev–Trinajstić information content (AvgIpc) is 3.17. The summed E-state index contributed by atoms with van der Waals surface area (Å²) in [5, 5.41) is 0. The van der Waals surface area contributed by atoms with Crippen LogP contribution in [0.1, 0.15) is 24.5 Å². The van der Waals surface area contributed by atoms with E-state index in [1.165, 1.54) is 5.56 Å². The lowest BCUT2D eigenvalue weighted by Crippen LogP contribution is -2.40. The summed E-state index contributed by atoms with van der Waals surface area (Å²) in [6, 6.07) is 19.6. The number of benzene rings is 2. The smallest absolute Gasteiger partial charge is 0.324 e. The zero-order valence-electron chi connectivity index (χ0n) is 15.3. The Bertz CT molecular complexity index is 885. The Labute approximate surface area is 158 Å². The molecule has 2 aromatic carbocycles. The van der Waals surface area contributed by atoms with Crippen molar-refractivity contribution in [1.29, 1.82) is 0 Å². The number of carbonyl (C=O) groups is 2. The van der Waals surface area contributed by atoms with Crippen LogP contribution in [0.15, 0.2) is 71.8 Å². The van der Waals surface area contributed by atoms with Crippen LogP contribution in [0.2, 0.25) is 0 Å². The predicted octanol–water partition coefficient (Wildman–Crippen LogP) is 3.85. The van der Waals surface area contributed by atoms with Crippen molar-refractivity contribution in [3.63, 3.8) is 0 Å². The van der Waals surface area contributed by atoms with E-state index in [1.807, 2.05) is 55.5 Å². The second-order valence-corrected chi connectivity index (χ2v) is 7.31. The molecule has 4 rings (SSSR count). The Morgan fingerprint density at radius 1 is 1.07 bits per heavy atom. The van der Waals surface area contributed by atoms with E-state index in [0.717, 1.165) is 23.1 Å². The van der Waals surface area contributed by atoms with Crippen molar-refractivity contribution in [2.24, 2.45) is 11.3 Å². The summed E-state index contributed by atoms with van der Waals surface area (Å²) in [4.78, 5) is 25.7. The molecule has 2 aromatic rings. The molecule has 2 atom stereocenters. The Kier molecular flexibility index (Phi) is 4.56. The van der Waals surface area contributed by atoms with Crippen LogP contribution in [0.25, 0.3) is 0 Å². The van der Waals surface area contributed by atoms with E-state index in [-0.39, 0.29) is 19.1 Å². The van der Waals surface area contributed by atoms with Crippen molar-refractivity contribution in [1.82, 2.24) is 0 Å². The molecule has 0 unspecified atom stereocenters. The van der Waals surface area contributed by atoms with Crippen LogP contribution in [0.4, 0.5) is 0 Å². The largest absolute Gasteiger partial charge is 0.464 e. The molecule has 2 aliphatic rings. The molecule has 138 valence electrons. The molecule has 0 amide bonds. The Hall–Kier alpha value is -2.88. The van der Waals surface area contributed by atoms with Gasteiger partial charge in [-0.1, -0.05) is 71.8 Å². The molecule has 0 saturated carbocycles. The summed E-state index contributed by atoms with van der Waals surface area (Å²) >= 11 is 0. The molecule has 0 spiro atoms. The molecule has 1 heterocycles. The molecule has 1 fully saturated rings. The zero-order chi connectivity index (χ0) is 18.9. The van der Waals surface area contributed by atoms with Gasteiger partial charge in [0.25, 0.3) is 0 Å². The maximum atomic E-state index is 13.0. The highest BCUT2D eigenvalue weighted by Crippen LogP contribution is 2.53. The lowest BCUT2D eigenvalue weighted by Gasteiger charge is -2.23. The summed E-state index contributed by atoms with van der Waals surface area (Å²) < 4.78 is 10.9. The first-order chi connectivity index (χ1) is 13.1. The van der Waals surface area contributed by atoms with Gasteiger partial charge in [0.1, 0.15) is 6.61 Å². The molecule has 0 bridgehead atoms. The van der Waals surface area contributed by atoms with Gasteiger partial charge in [-0.2, -0.15) is 0 Å². The van der Waals surface area contributed by atoms with Gasteiger partial charge >= 0.3 is 11.9 Å². The maximum absolute atomic E-state index is 13.0. The highest BCUT2D eigenvalue weighted by atomic mass is 16.6. The minimum absolute atomic E-state index is 0.161. The Morgan fingerprint density at radius 2 is 1.70 bits per heavy atom. The highest BCUT2D eigenvalue weighted by Gasteiger charge is 2.63. The standard InChI is InChI=1S/C23H22O4/c1-16-19(12-17-8-4-2-5-9-17)13-23(20(16)15-27-22(23)25)21(24)26-14-18-10-6-3-7-11-18/h2-11,20H,12-15H2,1H3/t20-,23+/m0/s1. The number of hydrogen-bond acceptors (Lipinski definition) is 4.